The van der Waals surface area contributed by atoms with Gasteiger partial charge in [-0.05, 0) is 57.0 Å². The summed E-state index contributed by atoms with van der Waals surface area (Å²) in [5.41, 5.74) is 0.475. The molecule has 140 valence electrons. The van der Waals surface area contributed by atoms with Crippen LogP contribution < -0.4 is 15.5 Å². The quantitative estimate of drug-likeness (QED) is 0.853. The fraction of sp³-hybridized carbons (Fsp3) is 0.500. The Bertz CT molecular complexity index is 706. The number of rotatable bonds is 4. The maximum absolute atomic E-state index is 13.1. The Balaban J connectivity index is 0.00000196. The normalized spacial score (nSPS) is 19.0. The summed E-state index contributed by atoms with van der Waals surface area (Å²) in [7, 11) is 0. The number of pyridine rings is 1. The number of piperidine rings is 1. The molecule has 2 aliphatic heterocycles. The van der Waals surface area contributed by atoms with Gasteiger partial charge in [0.1, 0.15) is 11.4 Å². The van der Waals surface area contributed by atoms with Gasteiger partial charge in [0.05, 0.1) is 11.9 Å². The predicted molar refractivity (Wildman–Crippen MR) is 104 cm³/mol. The minimum absolute atomic E-state index is 0. The lowest BCUT2D eigenvalue weighted by atomic mass is 9.87. The maximum Gasteiger partial charge on any atom is 0.253 e. The van der Waals surface area contributed by atoms with Crippen LogP contribution in [-0.4, -0.2) is 46.9 Å². The van der Waals surface area contributed by atoms with Gasteiger partial charge in [0.15, 0.2) is 0 Å². The van der Waals surface area contributed by atoms with E-state index in [4.69, 9.17) is 0 Å². The first-order chi connectivity index (χ1) is 12.3. The van der Waals surface area contributed by atoms with Crippen LogP contribution in [0.4, 0.5) is 11.5 Å². The molecule has 0 spiro atoms. The number of hydrogen-bond acceptors (Lipinski definition) is 5. The van der Waals surface area contributed by atoms with Crippen LogP contribution in [0.1, 0.15) is 25.7 Å². The van der Waals surface area contributed by atoms with E-state index in [2.05, 4.69) is 25.6 Å². The van der Waals surface area contributed by atoms with E-state index in [9.17, 15) is 4.79 Å². The lowest BCUT2D eigenvalue weighted by Crippen LogP contribution is -2.52. The van der Waals surface area contributed by atoms with E-state index in [1.807, 2.05) is 30.6 Å². The lowest BCUT2D eigenvalue weighted by Gasteiger charge is -2.36. The van der Waals surface area contributed by atoms with Crippen molar-refractivity contribution in [3.8, 4) is 0 Å². The molecular weight excluding hydrogens is 352 g/mol. The molecule has 2 N–H and O–H groups in total. The van der Waals surface area contributed by atoms with E-state index in [1.165, 1.54) is 12.8 Å². The highest BCUT2D eigenvalue weighted by molar-refractivity contribution is 5.96. The van der Waals surface area contributed by atoms with E-state index in [0.717, 1.165) is 31.9 Å². The molecule has 0 radical (unpaired) electrons. The molecule has 2 saturated heterocycles. The number of amides is 1. The highest BCUT2D eigenvalue weighted by atomic mass is 35.5. The molecule has 4 rings (SSSR count). The molecule has 8 heteroatoms. The summed E-state index contributed by atoms with van der Waals surface area (Å²) < 4.78 is 1.79. The molecule has 0 bridgehead atoms. The number of halogens is 1. The molecule has 0 atom stereocenters. The fourth-order valence-electron chi connectivity index (χ4n) is 3.78. The first-order valence-corrected chi connectivity index (χ1v) is 9.01. The standard InChI is InChI=1S/C18H24N6O.ClH/c25-17(18(6-9-19-10-7-18)24-13-3-8-21-24)22-16-5-4-15(14-20-16)23-11-1-2-12-23;/h3-5,8,13-14,19H,1-2,6-7,9-12H2,(H,20,22,25);1H. The molecule has 1 amide bonds. The van der Waals surface area contributed by atoms with Gasteiger partial charge in [-0.2, -0.15) is 5.10 Å². The minimum Gasteiger partial charge on any atom is -0.370 e. The van der Waals surface area contributed by atoms with E-state index >= 15 is 0 Å². The molecule has 2 aliphatic rings. The van der Waals surface area contributed by atoms with Crippen molar-refractivity contribution in [1.29, 1.82) is 0 Å². The van der Waals surface area contributed by atoms with Gasteiger partial charge in [-0.1, -0.05) is 0 Å². The van der Waals surface area contributed by atoms with Crippen molar-refractivity contribution in [2.75, 3.05) is 36.4 Å². The van der Waals surface area contributed by atoms with Crippen LogP contribution in [0, 0.1) is 0 Å². The lowest BCUT2D eigenvalue weighted by molar-refractivity contribution is -0.126. The van der Waals surface area contributed by atoms with Gasteiger partial charge in [0, 0.05) is 25.5 Å². The molecule has 26 heavy (non-hydrogen) atoms. The Morgan fingerprint density at radius 2 is 1.96 bits per heavy atom. The Hall–Kier alpha value is -2.12. The highest BCUT2D eigenvalue weighted by Gasteiger charge is 2.42. The van der Waals surface area contributed by atoms with Crippen molar-refractivity contribution in [2.24, 2.45) is 0 Å². The smallest absolute Gasteiger partial charge is 0.253 e. The Labute approximate surface area is 159 Å². The van der Waals surface area contributed by atoms with Crippen molar-refractivity contribution in [3.63, 3.8) is 0 Å². The zero-order chi connectivity index (χ0) is 17.1. The topological polar surface area (TPSA) is 75.1 Å². The summed E-state index contributed by atoms with van der Waals surface area (Å²) in [5.74, 6) is 0.553. The number of carbonyl (C=O) groups excluding carboxylic acids is 1. The van der Waals surface area contributed by atoms with Crippen LogP contribution >= 0.6 is 12.4 Å². The average molecular weight is 377 g/mol. The molecule has 7 nitrogen and oxygen atoms in total. The highest BCUT2D eigenvalue weighted by Crippen LogP contribution is 2.29. The number of nitrogens with one attached hydrogen (secondary N) is 2. The average Bonchev–Trinajstić information content (AvgIpc) is 3.37. The largest absolute Gasteiger partial charge is 0.370 e. The summed E-state index contributed by atoms with van der Waals surface area (Å²) in [6, 6.07) is 5.79. The summed E-state index contributed by atoms with van der Waals surface area (Å²) in [6.45, 7) is 3.77. The van der Waals surface area contributed by atoms with E-state index in [-0.39, 0.29) is 18.3 Å². The second-order valence-electron chi connectivity index (χ2n) is 6.78. The van der Waals surface area contributed by atoms with Gasteiger partial charge in [0.2, 0.25) is 0 Å². The molecular formula is C18H25ClN6O. The molecule has 2 fully saturated rings. The van der Waals surface area contributed by atoms with Gasteiger partial charge in [-0.3, -0.25) is 9.48 Å². The van der Waals surface area contributed by atoms with Crippen molar-refractivity contribution >= 4 is 29.8 Å². The fourth-order valence-corrected chi connectivity index (χ4v) is 3.78. The second kappa shape index (κ2) is 8.05. The molecule has 2 aromatic heterocycles. The number of hydrogen-bond donors (Lipinski definition) is 2. The first-order valence-electron chi connectivity index (χ1n) is 9.01. The van der Waals surface area contributed by atoms with Gasteiger partial charge >= 0.3 is 0 Å². The summed E-state index contributed by atoms with van der Waals surface area (Å²) in [5, 5.41) is 10.7. The number of carbonyl (C=O) groups is 1. The third-order valence-corrected chi connectivity index (χ3v) is 5.26. The summed E-state index contributed by atoms with van der Waals surface area (Å²) in [6.07, 6.45) is 9.34. The predicted octanol–water partition coefficient (Wildman–Crippen LogP) is 2.02. The molecule has 0 unspecified atom stereocenters. The van der Waals surface area contributed by atoms with Crippen molar-refractivity contribution < 1.29 is 4.79 Å². The van der Waals surface area contributed by atoms with Crippen molar-refractivity contribution in [3.05, 3.63) is 36.8 Å². The number of aromatic nitrogens is 3. The van der Waals surface area contributed by atoms with Crippen LogP contribution in [-0.2, 0) is 10.3 Å². The van der Waals surface area contributed by atoms with Crippen LogP contribution in [0.2, 0.25) is 0 Å². The van der Waals surface area contributed by atoms with Crippen molar-refractivity contribution in [1.82, 2.24) is 20.1 Å². The van der Waals surface area contributed by atoms with Gasteiger partial charge < -0.3 is 15.5 Å². The van der Waals surface area contributed by atoms with E-state index in [1.54, 1.807) is 10.9 Å². The zero-order valence-electron chi connectivity index (χ0n) is 14.7. The number of nitrogens with zero attached hydrogens (tertiary/aromatic N) is 4. The van der Waals surface area contributed by atoms with Crippen LogP contribution in [0.15, 0.2) is 36.8 Å². The van der Waals surface area contributed by atoms with E-state index < -0.39 is 5.54 Å². The summed E-state index contributed by atoms with van der Waals surface area (Å²) in [4.78, 5) is 19.9. The molecule has 2 aromatic rings. The first kappa shape index (κ1) is 18.7. The Morgan fingerprint density at radius 1 is 1.19 bits per heavy atom. The molecule has 0 aliphatic carbocycles. The minimum atomic E-state index is -0.649. The van der Waals surface area contributed by atoms with Gasteiger partial charge in [-0.25, -0.2) is 4.98 Å². The van der Waals surface area contributed by atoms with Crippen molar-refractivity contribution in [2.45, 2.75) is 31.2 Å². The molecule has 0 aromatic carbocycles. The second-order valence-corrected chi connectivity index (χ2v) is 6.78. The van der Waals surface area contributed by atoms with Crippen LogP contribution in [0.3, 0.4) is 0 Å². The maximum atomic E-state index is 13.1. The van der Waals surface area contributed by atoms with E-state index in [0.29, 0.717) is 18.7 Å². The third kappa shape index (κ3) is 3.54. The van der Waals surface area contributed by atoms with Crippen LogP contribution in [0.25, 0.3) is 0 Å². The Morgan fingerprint density at radius 3 is 2.58 bits per heavy atom. The van der Waals surface area contributed by atoms with Crippen LogP contribution in [0.5, 0.6) is 0 Å². The van der Waals surface area contributed by atoms with Gasteiger partial charge in [0.25, 0.3) is 5.91 Å². The Kier molecular flexibility index (Phi) is 5.78. The van der Waals surface area contributed by atoms with Gasteiger partial charge in [-0.15, -0.1) is 12.4 Å². The SMILES string of the molecule is Cl.O=C(Nc1ccc(N2CCCC2)cn1)C1(n2cccn2)CCNCC1. The zero-order valence-corrected chi connectivity index (χ0v) is 15.5. The monoisotopic (exact) mass is 376 g/mol. The molecule has 4 heterocycles. The summed E-state index contributed by atoms with van der Waals surface area (Å²) >= 11 is 0. The molecule has 0 saturated carbocycles. The third-order valence-electron chi connectivity index (χ3n) is 5.26. The number of anilines is 2.